The van der Waals surface area contributed by atoms with E-state index in [1.807, 2.05) is 60.2 Å². The Hall–Kier alpha value is -2.77. The molecule has 2 aromatic carbocycles. The first-order valence-corrected chi connectivity index (χ1v) is 10.1. The molecule has 0 bridgehead atoms. The molecular formula is C21H22N3O3S-. The molecule has 6 nitrogen and oxygen atoms in total. The standard InChI is InChI=1S/C21H23N3O3S/c1-14-5-3-4-6-18(14)19(20(26)27)23-16-9-7-15(8-10-16)12-24-17(13-25)11-22-21(24)28-2/h3-11,19,23,25H,12-13H2,1-2H3,(H,26,27)/p-1. The number of aromatic nitrogens is 2. The molecule has 0 saturated carbocycles. The zero-order valence-electron chi connectivity index (χ0n) is 15.8. The van der Waals surface area contributed by atoms with Crippen LogP contribution in [0.4, 0.5) is 5.69 Å². The quantitative estimate of drug-likeness (QED) is 0.568. The molecule has 1 atom stereocenters. The van der Waals surface area contributed by atoms with Gasteiger partial charge in [0.2, 0.25) is 0 Å². The Morgan fingerprint density at radius 2 is 1.96 bits per heavy atom. The van der Waals surface area contributed by atoms with E-state index in [0.29, 0.717) is 17.8 Å². The number of carboxylic acids is 1. The van der Waals surface area contributed by atoms with Crippen LogP contribution in [0.1, 0.15) is 28.4 Å². The summed E-state index contributed by atoms with van der Waals surface area (Å²) >= 11 is 1.52. The van der Waals surface area contributed by atoms with Gasteiger partial charge in [-0.05, 0) is 42.0 Å². The lowest BCUT2D eigenvalue weighted by Crippen LogP contribution is -2.34. The Morgan fingerprint density at radius 3 is 2.57 bits per heavy atom. The molecule has 28 heavy (non-hydrogen) atoms. The van der Waals surface area contributed by atoms with Crippen LogP contribution in [0.5, 0.6) is 0 Å². The predicted octanol–water partition coefficient (Wildman–Crippen LogP) is 2.36. The molecule has 3 rings (SSSR count). The lowest BCUT2D eigenvalue weighted by Gasteiger charge is -2.23. The van der Waals surface area contributed by atoms with Crippen LogP contribution in [0.3, 0.4) is 0 Å². The van der Waals surface area contributed by atoms with Gasteiger partial charge in [0, 0.05) is 12.2 Å². The summed E-state index contributed by atoms with van der Waals surface area (Å²) in [6.07, 6.45) is 3.62. The summed E-state index contributed by atoms with van der Waals surface area (Å²) in [5, 5.41) is 25.0. The van der Waals surface area contributed by atoms with Crippen molar-refractivity contribution >= 4 is 23.4 Å². The van der Waals surface area contributed by atoms with Crippen molar-refractivity contribution < 1.29 is 15.0 Å². The molecule has 1 aromatic heterocycles. The van der Waals surface area contributed by atoms with Crippen molar-refractivity contribution in [3.8, 4) is 0 Å². The van der Waals surface area contributed by atoms with Gasteiger partial charge in [-0.2, -0.15) is 0 Å². The van der Waals surface area contributed by atoms with Gasteiger partial charge >= 0.3 is 0 Å². The van der Waals surface area contributed by atoms with E-state index in [-0.39, 0.29) is 6.61 Å². The Kier molecular flexibility index (Phi) is 6.38. The summed E-state index contributed by atoms with van der Waals surface area (Å²) in [5.41, 5.74) is 4.04. The van der Waals surface area contributed by atoms with Gasteiger partial charge in [-0.25, -0.2) is 4.98 Å². The number of carboxylic acid groups (broad SMARTS) is 1. The van der Waals surface area contributed by atoms with Gasteiger partial charge in [-0.1, -0.05) is 48.2 Å². The van der Waals surface area contributed by atoms with Crippen molar-refractivity contribution in [1.29, 1.82) is 0 Å². The van der Waals surface area contributed by atoms with Crippen LogP contribution in [0.15, 0.2) is 59.9 Å². The average molecular weight is 396 g/mol. The van der Waals surface area contributed by atoms with Gasteiger partial charge in [-0.3, -0.25) is 0 Å². The van der Waals surface area contributed by atoms with Gasteiger partial charge in [-0.15, -0.1) is 0 Å². The number of rotatable bonds is 8. The van der Waals surface area contributed by atoms with E-state index >= 15 is 0 Å². The van der Waals surface area contributed by atoms with Crippen molar-refractivity contribution in [3.05, 3.63) is 77.1 Å². The Bertz CT molecular complexity index is 932. The van der Waals surface area contributed by atoms with Crippen molar-refractivity contribution in [2.75, 3.05) is 11.6 Å². The molecule has 146 valence electrons. The third kappa shape index (κ3) is 4.37. The molecule has 1 unspecified atom stereocenters. The average Bonchev–Trinajstić information content (AvgIpc) is 3.09. The lowest BCUT2D eigenvalue weighted by molar-refractivity contribution is -0.307. The Balaban J connectivity index is 1.78. The van der Waals surface area contributed by atoms with Crippen molar-refractivity contribution in [2.45, 2.75) is 31.3 Å². The topological polar surface area (TPSA) is 90.2 Å². The van der Waals surface area contributed by atoms with E-state index in [4.69, 9.17) is 0 Å². The van der Waals surface area contributed by atoms with Gasteiger partial charge in [0.15, 0.2) is 5.16 Å². The molecule has 0 fully saturated rings. The van der Waals surface area contributed by atoms with Crippen LogP contribution < -0.4 is 10.4 Å². The number of benzene rings is 2. The number of carbonyl (C=O) groups excluding carboxylic acids is 1. The van der Waals surface area contributed by atoms with Gasteiger partial charge < -0.3 is 24.9 Å². The monoisotopic (exact) mass is 396 g/mol. The molecular weight excluding hydrogens is 374 g/mol. The number of imidazole rings is 1. The molecule has 0 radical (unpaired) electrons. The number of aliphatic hydroxyl groups is 1. The molecule has 0 aliphatic carbocycles. The minimum Gasteiger partial charge on any atom is -0.548 e. The van der Waals surface area contributed by atoms with Gasteiger partial charge in [0.1, 0.15) is 0 Å². The Morgan fingerprint density at radius 1 is 1.25 bits per heavy atom. The molecule has 2 N–H and O–H groups in total. The van der Waals surface area contributed by atoms with Gasteiger partial charge in [0.05, 0.1) is 30.5 Å². The van der Waals surface area contributed by atoms with Crippen LogP contribution in [-0.4, -0.2) is 26.9 Å². The summed E-state index contributed by atoms with van der Waals surface area (Å²) in [4.78, 5) is 16.0. The summed E-state index contributed by atoms with van der Waals surface area (Å²) in [5.74, 6) is -1.17. The molecule has 3 aromatic rings. The zero-order valence-corrected chi connectivity index (χ0v) is 16.6. The fourth-order valence-electron chi connectivity index (χ4n) is 3.08. The van der Waals surface area contributed by atoms with E-state index in [1.165, 1.54) is 11.8 Å². The van der Waals surface area contributed by atoms with E-state index in [1.54, 1.807) is 12.3 Å². The second kappa shape index (κ2) is 8.95. The number of hydrogen-bond donors (Lipinski definition) is 2. The minimum absolute atomic E-state index is 0.0725. The minimum atomic E-state index is -1.17. The smallest absolute Gasteiger partial charge is 0.168 e. The molecule has 0 amide bonds. The molecule has 7 heteroatoms. The Labute approximate surface area is 168 Å². The highest BCUT2D eigenvalue weighted by atomic mass is 32.2. The third-order valence-corrected chi connectivity index (χ3v) is 5.28. The van der Waals surface area contributed by atoms with Crippen LogP contribution in [0.2, 0.25) is 0 Å². The number of anilines is 1. The molecule has 1 heterocycles. The van der Waals surface area contributed by atoms with Crippen molar-refractivity contribution in [2.24, 2.45) is 0 Å². The first-order chi connectivity index (χ1) is 13.5. The summed E-state index contributed by atoms with van der Waals surface area (Å²) in [7, 11) is 0. The number of aryl methyl sites for hydroxylation is 1. The maximum Gasteiger partial charge on any atom is 0.168 e. The number of thioether (sulfide) groups is 1. The molecule has 0 aliphatic rings. The highest BCUT2D eigenvalue weighted by Gasteiger charge is 2.15. The highest BCUT2D eigenvalue weighted by molar-refractivity contribution is 7.98. The van der Waals surface area contributed by atoms with E-state index in [0.717, 1.165) is 22.0 Å². The van der Waals surface area contributed by atoms with Crippen molar-refractivity contribution in [1.82, 2.24) is 9.55 Å². The number of carbonyl (C=O) groups is 1. The fourth-order valence-corrected chi connectivity index (χ4v) is 3.64. The van der Waals surface area contributed by atoms with Crippen LogP contribution in [-0.2, 0) is 17.9 Å². The van der Waals surface area contributed by atoms with Crippen LogP contribution in [0.25, 0.3) is 0 Å². The maximum atomic E-state index is 11.7. The lowest BCUT2D eigenvalue weighted by atomic mass is 10.0. The fraction of sp³-hybridized carbons (Fsp3) is 0.238. The number of aliphatic carboxylic acids is 1. The van der Waals surface area contributed by atoms with E-state index in [2.05, 4.69) is 10.3 Å². The number of hydrogen-bond acceptors (Lipinski definition) is 6. The molecule has 0 aliphatic heterocycles. The first-order valence-electron chi connectivity index (χ1n) is 8.84. The summed E-state index contributed by atoms with van der Waals surface area (Å²) < 4.78 is 1.96. The van der Waals surface area contributed by atoms with Crippen LogP contribution in [0, 0.1) is 6.92 Å². The normalized spacial score (nSPS) is 12.0. The van der Waals surface area contributed by atoms with E-state index in [9.17, 15) is 15.0 Å². The first kappa shape index (κ1) is 20.0. The van der Waals surface area contributed by atoms with Gasteiger partial charge in [0.25, 0.3) is 0 Å². The maximum absolute atomic E-state index is 11.7. The third-order valence-electron chi connectivity index (χ3n) is 4.59. The second-order valence-electron chi connectivity index (χ2n) is 6.43. The van der Waals surface area contributed by atoms with Crippen LogP contribution >= 0.6 is 11.8 Å². The second-order valence-corrected chi connectivity index (χ2v) is 7.20. The number of nitrogens with one attached hydrogen (secondary N) is 1. The van der Waals surface area contributed by atoms with E-state index < -0.39 is 12.0 Å². The predicted molar refractivity (Wildman–Crippen MR) is 108 cm³/mol. The zero-order chi connectivity index (χ0) is 20.1. The molecule has 0 spiro atoms. The highest BCUT2D eigenvalue weighted by Crippen LogP contribution is 2.23. The largest absolute Gasteiger partial charge is 0.548 e. The summed E-state index contributed by atoms with van der Waals surface area (Å²) in [6, 6.07) is 14.0. The van der Waals surface area contributed by atoms with Crippen molar-refractivity contribution in [3.63, 3.8) is 0 Å². The molecule has 0 saturated heterocycles. The summed E-state index contributed by atoms with van der Waals surface area (Å²) in [6.45, 7) is 2.38. The number of nitrogens with zero attached hydrogens (tertiary/aromatic N) is 2. The number of aliphatic hydroxyl groups excluding tert-OH is 1. The SMILES string of the molecule is CSc1ncc(CO)n1Cc1ccc(NC(C(=O)[O-])c2ccccc2C)cc1.